The van der Waals surface area contributed by atoms with Crippen LogP contribution < -0.4 is 10.6 Å². The molecule has 0 aliphatic heterocycles. The van der Waals surface area contributed by atoms with Crippen LogP contribution in [0.15, 0.2) is 33.5 Å². The van der Waals surface area contributed by atoms with E-state index in [1.165, 1.54) is 26.2 Å². The van der Waals surface area contributed by atoms with E-state index in [-0.39, 0.29) is 28.3 Å². The van der Waals surface area contributed by atoms with Gasteiger partial charge in [0.1, 0.15) is 0 Å². The molecule has 152 valence electrons. The summed E-state index contributed by atoms with van der Waals surface area (Å²) in [6.07, 6.45) is -0.625. The molecule has 13 heteroatoms. The van der Waals surface area contributed by atoms with Crippen LogP contribution in [0.4, 0.5) is 15.6 Å². The van der Waals surface area contributed by atoms with E-state index in [0.717, 1.165) is 27.4 Å². The molecule has 0 atom stereocenters. The van der Waals surface area contributed by atoms with Crippen molar-refractivity contribution in [3.63, 3.8) is 0 Å². The van der Waals surface area contributed by atoms with E-state index in [0.29, 0.717) is 10.0 Å². The fraction of sp³-hybridized carbons (Fsp3) is 0.333. The summed E-state index contributed by atoms with van der Waals surface area (Å²) in [4.78, 5) is 23.5. The number of thioether (sulfide) groups is 1. The Kier molecular flexibility index (Phi) is 7.74. The minimum absolute atomic E-state index is 0.0404. The zero-order chi connectivity index (χ0) is 20.7. The summed E-state index contributed by atoms with van der Waals surface area (Å²) < 4.78 is 30.6. The lowest BCUT2D eigenvalue weighted by Crippen LogP contribution is -2.22. The summed E-state index contributed by atoms with van der Waals surface area (Å²) >= 11 is 2.25. The number of rotatable bonds is 8. The molecule has 2 amide bonds. The fourth-order valence-corrected chi connectivity index (χ4v) is 4.33. The van der Waals surface area contributed by atoms with Crippen LogP contribution in [0.5, 0.6) is 0 Å². The standard InChI is InChI=1S/C15H19N5O5S3/c1-4-25-14(22)17-13-18-19-15(27-13)26-9-12(21)16-10-6-5-7-11(8-10)28(23,24)20(2)3/h5-8H,4,9H2,1-3H3,(H,16,21)(H,17,18,22). The number of benzene rings is 1. The van der Waals surface area contributed by atoms with Gasteiger partial charge in [-0.3, -0.25) is 10.1 Å². The Labute approximate surface area is 170 Å². The van der Waals surface area contributed by atoms with Crippen molar-refractivity contribution in [2.75, 3.05) is 37.1 Å². The van der Waals surface area contributed by atoms with Crippen molar-refractivity contribution in [3.8, 4) is 0 Å². The molecule has 0 fully saturated rings. The average Bonchev–Trinajstić information content (AvgIpc) is 3.07. The van der Waals surface area contributed by atoms with E-state index in [2.05, 4.69) is 20.8 Å². The lowest BCUT2D eigenvalue weighted by Gasteiger charge is -2.12. The van der Waals surface area contributed by atoms with Crippen molar-refractivity contribution >= 4 is 55.9 Å². The summed E-state index contributed by atoms with van der Waals surface area (Å²) in [5.74, 6) is -0.293. The number of nitrogens with zero attached hydrogens (tertiary/aromatic N) is 3. The third-order valence-corrected chi connectivity index (χ3v) is 6.90. The summed E-state index contributed by atoms with van der Waals surface area (Å²) in [7, 11) is -0.717. The summed E-state index contributed by atoms with van der Waals surface area (Å²) in [6, 6.07) is 6.00. The molecule has 28 heavy (non-hydrogen) atoms. The maximum absolute atomic E-state index is 12.2. The van der Waals surface area contributed by atoms with Crippen LogP contribution in [-0.4, -0.2) is 61.4 Å². The monoisotopic (exact) mass is 445 g/mol. The molecule has 0 saturated carbocycles. The van der Waals surface area contributed by atoms with E-state index >= 15 is 0 Å². The molecule has 0 unspecified atom stereocenters. The maximum Gasteiger partial charge on any atom is 0.413 e. The highest BCUT2D eigenvalue weighted by Crippen LogP contribution is 2.26. The van der Waals surface area contributed by atoms with Gasteiger partial charge in [0.2, 0.25) is 21.1 Å². The molecule has 0 radical (unpaired) electrons. The molecule has 0 aliphatic carbocycles. The highest BCUT2D eigenvalue weighted by molar-refractivity contribution is 8.01. The van der Waals surface area contributed by atoms with Gasteiger partial charge in [0.15, 0.2) is 4.34 Å². The second kappa shape index (κ2) is 9.82. The quantitative estimate of drug-likeness (QED) is 0.466. The molecule has 10 nitrogen and oxygen atoms in total. The van der Waals surface area contributed by atoms with Gasteiger partial charge in [0.25, 0.3) is 0 Å². The molecule has 1 aromatic heterocycles. The second-order valence-electron chi connectivity index (χ2n) is 5.37. The molecule has 1 heterocycles. The SMILES string of the molecule is CCOC(=O)Nc1nnc(SCC(=O)Nc2cccc(S(=O)(=O)N(C)C)c2)s1. The van der Waals surface area contributed by atoms with Gasteiger partial charge in [-0.25, -0.2) is 17.5 Å². The van der Waals surface area contributed by atoms with E-state index in [1.54, 1.807) is 19.1 Å². The van der Waals surface area contributed by atoms with Crippen molar-refractivity contribution in [2.24, 2.45) is 0 Å². The van der Waals surface area contributed by atoms with Crippen LogP contribution in [0, 0.1) is 0 Å². The molecular formula is C15H19N5O5S3. The Balaban J connectivity index is 1.91. The highest BCUT2D eigenvalue weighted by atomic mass is 32.2. The Bertz CT molecular complexity index is 945. The number of carbonyl (C=O) groups excluding carboxylic acids is 2. The zero-order valence-corrected chi connectivity index (χ0v) is 17.8. The van der Waals surface area contributed by atoms with Crippen LogP contribution in [0.3, 0.4) is 0 Å². The zero-order valence-electron chi connectivity index (χ0n) is 15.3. The van der Waals surface area contributed by atoms with Crippen LogP contribution in [-0.2, 0) is 19.6 Å². The number of hydrogen-bond donors (Lipinski definition) is 2. The maximum atomic E-state index is 12.2. The van der Waals surface area contributed by atoms with Crippen molar-refractivity contribution in [1.29, 1.82) is 0 Å². The normalized spacial score (nSPS) is 11.3. The molecule has 0 aliphatic rings. The summed E-state index contributed by atoms with van der Waals surface area (Å²) in [5.41, 5.74) is 0.371. The summed E-state index contributed by atoms with van der Waals surface area (Å²) in [5, 5.41) is 13.0. The first-order valence-corrected chi connectivity index (χ1v) is 11.2. The number of nitrogens with one attached hydrogen (secondary N) is 2. The first-order chi connectivity index (χ1) is 13.2. The van der Waals surface area contributed by atoms with Gasteiger partial charge in [-0.2, -0.15) is 0 Å². The Hall–Kier alpha value is -2.22. The topological polar surface area (TPSA) is 131 Å². The molecule has 0 spiro atoms. The van der Waals surface area contributed by atoms with Crippen molar-refractivity contribution < 1.29 is 22.7 Å². The Morgan fingerprint density at radius 3 is 2.68 bits per heavy atom. The van der Waals surface area contributed by atoms with Gasteiger partial charge >= 0.3 is 6.09 Å². The molecule has 0 bridgehead atoms. The fourth-order valence-electron chi connectivity index (χ4n) is 1.84. The van der Waals surface area contributed by atoms with Crippen molar-refractivity contribution in [1.82, 2.24) is 14.5 Å². The highest BCUT2D eigenvalue weighted by Gasteiger charge is 2.18. The number of aromatic nitrogens is 2. The lowest BCUT2D eigenvalue weighted by atomic mass is 10.3. The molecule has 0 saturated heterocycles. The van der Waals surface area contributed by atoms with Gasteiger partial charge in [0, 0.05) is 19.8 Å². The van der Waals surface area contributed by atoms with Crippen LogP contribution in [0.1, 0.15) is 6.92 Å². The number of ether oxygens (including phenoxy) is 1. The van der Waals surface area contributed by atoms with Gasteiger partial charge < -0.3 is 10.1 Å². The molecule has 2 aromatic rings. The predicted octanol–water partition coefficient (Wildman–Crippen LogP) is 2.09. The lowest BCUT2D eigenvalue weighted by molar-refractivity contribution is -0.113. The third kappa shape index (κ3) is 6.15. The average molecular weight is 446 g/mol. The van der Waals surface area contributed by atoms with Crippen LogP contribution >= 0.6 is 23.1 Å². The van der Waals surface area contributed by atoms with Gasteiger partial charge in [-0.15, -0.1) is 10.2 Å². The number of carbonyl (C=O) groups is 2. The number of amides is 2. The van der Waals surface area contributed by atoms with Gasteiger partial charge in [-0.05, 0) is 25.1 Å². The van der Waals surface area contributed by atoms with Crippen molar-refractivity contribution in [3.05, 3.63) is 24.3 Å². The molecule has 2 rings (SSSR count). The van der Waals surface area contributed by atoms with E-state index in [1.807, 2.05) is 0 Å². The second-order valence-corrected chi connectivity index (χ2v) is 9.72. The Morgan fingerprint density at radius 1 is 1.25 bits per heavy atom. The first-order valence-electron chi connectivity index (χ1n) is 7.95. The largest absolute Gasteiger partial charge is 0.450 e. The summed E-state index contributed by atoms with van der Waals surface area (Å²) in [6.45, 7) is 1.93. The molecular weight excluding hydrogens is 426 g/mol. The Morgan fingerprint density at radius 2 is 2.00 bits per heavy atom. The van der Waals surface area contributed by atoms with Gasteiger partial charge in [-0.1, -0.05) is 29.2 Å². The predicted molar refractivity (Wildman–Crippen MR) is 107 cm³/mol. The molecule has 2 N–H and O–H groups in total. The van der Waals surface area contributed by atoms with Crippen LogP contribution in [0.2, 0.25) is 0 Å². The number of anilines is 2. The minimum atomic E-state index is -3.59. The smallest absolute Gasteiger partial charge is 0.413 e. The van der Waals surface area contributed by atoms with E-state index in [9.17, 15) is 18.0 Å². The van der Waals surface area contributed by atoms with E-state index < -0.39 is 16.1 Å². The van der Waals surface area contributed by atoms with E-state index in [4.69, 9.17) is 4.74 Å². The number of sulfonamides is 1. The minimum Gasteiger partial charge on any atom is -0.450 e. The van der Waals surface area contributed by atoms with Crippen LogP contribution in [0.25, 0.3) is 0 Å². The van der Waals surface area contributed by atoms with Crippen molar-refractivity contribution in [2.45, 2.75) is 16.2 Å². The first kappa shape index (κ1) is 22.1. The third-order valence-electron chi connectivity index (χ3n) is 3.11. The molecule has 1 aromatic carbocycles. The number of hydrogen-bond acceptors (Lipinski definition) is 9. The van der Waals surface area contributed by atoms with Gasteiger partial charge in [0.05, 0.1) is 17.3 Å².